The molecule has 0 aromatic heterocycles. The lowest BCUT2D eigenvalue weighted by atomic mass is 10.3. The first-order valence-corrected chi connectivity index (χ1v) is 5.95. The van der Waals surface area contributed by atoms with Crippen molar-refractivity contribution in [2.45, 2.75) is 6.10 Å². The standard InChI is InChI=1S/C7H15NO4S/c1-8(13(2,9)10)5-7-6-11-3-4-12-7/h7H,3-6H2,1-2H3/t7-/m1/s1. The average Bonchev–Trinajstić information content (AvgIpc) is 2.04. The largest absolute Gasteiger partial charge is 0.376 e. The highest BCUT2D eigenvalue weighted by Crippen LogP contribution is 2.04. The smallest absolute Gasteiger partial charge is 0.211 e. The second-order valence-electron chi connectivity index (χ2n) is 3.11. The highest BCUT2D eigenvalue weighted by Gasteiger charge is 2.20. The highest BCUT2D eigenvalue weighted by molar-refractivity contribution is 7.88. The summed E-state index contributed by atoms with van der Waals surface area (Å²) < 4.78 is 33.8. The number of ether oxygens (including phenoxy) is 2. The van der Waals surface area contributed by atoms with Crippen LogP contribution in [0.15, 0.2) is 0 Å². The normalized spacial score (nSPS) is 25.0. The maximum absolute atomic E-state index is 11.0. The molecular weight excluding hydrogens is 194 g/mol. The summed E-state index contributed by atoms with van der Waals surface area (Å²) in [5.41, 5.74) is 0. The topological polar surface area (TPSA) is 55.8 Å². The van der Waals surface area contributed by atoms with Gasteiger partial charge in [0.1, 0.15) is 0 Å². The number of nitrogens with zero attached hydrogens (tertiary/aromatic N) is 1. The minimum absolute atomic E-state index is 0.131. The Labute approximate surface area is 78.7 Å². The van der Waals surface area contributed by atoms with Crippen molar-refractivity contribution in [3.63, 3.8) is 0 Å². The van der Waals surface area contributed by atoms with Crippen LogP contribution in [-0.2, 0) is 19.5 Å². The van der Waals surface area contributed by atoms with E-state index in [2.05, 4.69) is 0 Å². The van der Waals surface area contributed by atoms with Gasteiger partial charge in [0.2, 0.25) is 10.0 Å². The average molecular weight is 209 g/mol. The predicted molar refractivity (Wildman–Crippen MR) is 48.0 cm³/mol. The summed E-state index contributed by atoms with van der Waals surface area (Å²) in [5, 5.41) is 0. The van der Waals surface area contributed by atoms with Gasteiger partial charge in [-0.2, -0.15) is 0 Å². The Hall–Kier alpha value is -0.170. The van der Waals surface area contributed by atoms with Crippen LogP contribution in [0, 0.1) is 0 Å². The molecule has 0 aromatic rings. The first-order valence-electron chi connectivity index (χ1n) is 4.11. The number of hydrogen-bond acceptors (Lipinski definition) is 4. The monoisotopic (exact) mass is 209 g/mol. The minimum Gasteiger partial charge on any atom is -0.376 e. The van der Waals surface area contributed by atoms with Crippen LogP contribution in [0.4, 0.5) is 0 Å². The van der Waals surface area contributed by atoms with E-state index >= 15 is 0 Å². The van der Waals surface area contributed by atoms with Gasteiger partial charge in [0, 0.05) is 13.6 Å². The molecule has 1 fully saturated rings. The summed E-state index contributed by atoms with van der Waals surface area (Å²) in [6, 6.07) is 0. The van der Waals surface area contributed by atoms with E-state index in [1.54, 1.807) is 0 Å². The first-order chi connectivity index (χ1) is 6.00. The van der Waals surface area contributed by atoms with Crippen molar-refractivity contribution >= 4 is 10.0 Å². The summed E-state index contributed by atoms with van der Waals surface area (Å²) in [6.07, 6.45) is 1.05. The Morgan fingerprint density at radius 2 is 2.15 bits per heavy atom. The summed E-state index contributed by atoms with van der Waals surface area (Å²) in [5.74, 6) is 0. The third kappa shape index (κ3) is 3.60. The van der Waals surface area contributed by atoms with Crippen LogP contribution in [-0.4, -0.2) is 58.5 Å². The summed E-state index contributed by atoms with van der Waals surface area (Å²) in [6.45, 7) is 1.97. The summed E-state index contributed by atoms with van der Waals surface area (Å²) >= 11 is 0. The van der Waals surface area contributed by atoms with Gasteiger partial charge in [-0.15, -0.1) is 0 Å². The van der Waals surface area contributed by atoms with Crippen LogP contribution in [0.5, 0.6) is 0 Å². The molecule has 0 saturated carbocycles. The van der Waals surface area contributed by atoms with Crippen molar-refractivity contribution in [1.82, 2.24) is 4.31 Å². The molecule has 1 heterocycles. The predicted octanol–water partition coefficient (Wildman–Crippen LogP) is -0.707. The number of sulfonamides is 1. The van der Waals surface area contributed by atoms with E-state index in [-0.39, 0.29) is 6.10 Å². The van der Waals surface area contributed by atoms with Crippen molar-refractivity contribution in [3.05, 3.63) is 0 Å². The molecule has 5 nitrogen and oxygen atoms in total. The second kappa shape index (κ2) is 4.36. The van der Waals surface area contributed by atoms with Crippen LogP contribution < -0.4 is 0 Å². The van der Waals surface area contributed by atoms with Crippen molar-refractivity contribution < 1.29 is 17.9 Å². The second-order valence-corrected chi connectivity index (χ2v) is 5.20. The molecule has 78 valence electrons. The quantitative estimate of drug-likeness (QED) is 0.616. The van der Waals surface area contributed by atoms with Gasteiger partial charge in [0.05, 0.1) is 32.2 Å². The van der Waals surface area contributed by atoms with E-state index in [1.807, 2.05) is 0 Å². The molecule has 0 bridgehead atoms. The van der Waals surface area contributed by atoms with Crippen LogP contribution in [0.3, 0.4) is 0 Å². The molecule has 1 rings (SSSR count). The Morgan fingerprint density at radius 1 is 1.46 bits per heavy atom. The Bertz CT molecular complexity index is 245. The molecule has 1 aliphatic heterocycles. The fourth-order valence-corrected chi connectivity index (χ4v) is 1.50. The van der Waals surface area contributed by atoms with Crippen LogP contribution >= 0.6 is 0 Å². The minimum atomic E-state index is -3.10. The third-order valence-electron chi connectivity index (χ3n) is 1.91. The molecule has 0 radical (unpaired) electrons. The van der Waals surface area contributed by atoms with Gasteiger partial charge in [-0.05, 0) is 0 Å². The van der Waals surface area contributed by atoms with Crippen molar-refractivity contribution in [3.8, 4) is 0 Å². The molecule has 1 atom stereocenters. The van der Waals surface area contributed by atoms with Gasteiger partial charge >= 0.3 is 0 Å². The van der Waals surface area contributed by atoms with Crippen molar-refractivity contribution in [2.24, 2.45) is 0 Å². The molecule has 0 aliphatic carbocycles. The Morgan fingerprint density at radius 3 is 2.62 bits per heavy atom. The lowest BCUT2D eigenvalue weighted by Crippen LogP contribution is -2.40. The summed E-state index contributed by atoms with van der Waals surface area (Å²) in [7, 11) is -1.57. The zero-order chi connectivity index (χ0) is 9.90. The van der Waals surface area contributed by atoms with Crippen molar-refractivity contribution in [2.75, 3.05) is 39.7 Å². The highest BCUT2D eigenvalue weighted by atomic mass is 32.2. The van der Waals surface area contributed by atoms with E-state index in [0.29, 0.717) is 26.4 Å². The number of likely N-dealkylation sites (N-methyl/N-ethyl adjacent to an activating group) is 1. The third-order valence-corrected chi connectivity index (χ3v) is 3.19. The van der Waals surface area contributed by atoms with E-state index < -0.39 is 10.0 Å². The fourth-order valence-electron chi connectivity index (χ4n) is 1.06. The Balaban J connectivity index is 2.39. The molecule has 0 spiro atoms. The van der Waals surface area contributed by atoms with E-state index in [9.17, 15) is 8.42 Å². The van der Waals surface area contributed by atoms with Crippen LogP contribution in [0.1, 0.15) is 0 Å². The van der Waals surface area contributed by atoms with Crippen molar-refractivity contribution in [1.29, 1.82) is 0 Å². The van der Waals surface area contributed by atoms with Gasteiger partial charge in [0.15, 0.2) is 0 Å². The zero-order valence-corrected chi connectivity index (χ0v) is 8.71. The maximum atomic E-state index is 11.0. The molecule has 0 N–H and O–H groups in total. The van der Waals surface area contributed by atoms with E-state index in [1.165, 1.54) is 17.6 Å². The molecule has 13 heavy (non-hydrogen) atoms. The van der Waals surface area contributed by atoms with Gasteiger partial charge in [-0.1, -0.05) is 0 Å². The van der Waals surface area contributed by atoms with Gasteiger partial charge in [-0.3, -0.25) is 0 Å². The van der Waals surface area contributed by atoms with Crippen LogP contribution in [0.25, 0.3) is 0 Å². The SMILES string of the molecule is CN(C[C@@H]1COCCO1)S(C)(=O)=O. The molecule has 1 saturated heterocycles. The lowest BCUT2D eigenvalue weighted by molar-refractivity contribution is -0.0908. The zero-order valence-electron chi connectivity index (χ0n) is 7.89. The van der Waals surface area contributed by atoms with Gasteiger partial charge in [-0.25, -0.2) is 12.7 Å². The molecular formula is C7H15NO4S. The number of hydrogen-bond donors (Lipinski definition) is 0. The summed E-state index contributed by atoms with van der Waals surface area (Å²) in [4.78, 5) is 0. The first kappa shape index (κ1) is 10.9. The van der Waals surface area contributed by atoms with Gasteiger partial charge < -0.3 is 9.47 Å². The lowest BCUT2D eigenvalue weighted by Gasteiger charge is -2.26. The van der Waals surface area contributed by atoms with Crippen LogP contribution in [0.2, 0.25) is 0 Å². The number of rotatable bonds is 3. The Kier molecular flexibility index (Phi) is 3.66. The molecule has 0 aromatic carbocycles. The van der Waals surface area contributed by atoms with E-state index in [0.717, 1.165) is 0 Å². The molecule has 6 heteroatoms. The molecule has 0 unspecified atom stereocenters. The molecule has 0 amide bonds. The fraction of sp³-hybridized carbons (Fsp3) is 1.00. The molecule has 1 aliphatic rings. The van der Waals surface area contributed by atoms with E-state index in [4.69, 9.17) is 9.47 Å². The maximum Gasteiger partial charge on any atom is 0.211 e. The van der Waals surface area contributed by atoms with Gasteiger partial charge in [0.25, 0.3) is 0 Å².